The minimum atomic E-state index is 1.01. The zero-order valence-electron chi connectivity index (χ0n) is 14.9. The highest BCUT2D eigenvalue weighted by Gasteiger charge is 2.16. The van der Waals surface area contributed by atoms with Gasteiger partial charge >= 0.3 is 0 Å². The first-order chi connectivity index (χ1) is 11.3. The maximum absolute atomic E-state index is 5.69. The Morgan fingerprint density at radius 2 is 1.83 bits per heavy atom. The first-order valence-electron chi connectivity index (χ1n) is 9.14. The molecule has 3 heteroatoms. The Balaban J connectivity index is 2.04. The molecule has 23 heavy (non-hydrogen) atoms. The quantitative estimate of drug-likeness (QED) is 0.328. The van der Waals surface area contributed by atoms with Crippen molar-refractivity contribution in [3.63, 3.8) is 0 Å². The summed E-state index contributed by atoms with van der Waals surface area (Å²) >= 11 is 1.99. The summed E-state index contributed by atoms with van der Waals surface area (Å²) in [5, 5.41) is 0. The predicted molar refractivity (Wildman–Crippen MR) is 101 cm³/mol. The first kappa shape index (κ1) is 18.3. The van der Waals surface area contributed by atoms with Gasteiger partial charge in [0.15, 0.2) is 0 Å². The molecule has 0 bridgehead atoms. The second-order valence-corrected chi connectivity index (χ2v) is 7.38. The Labute approximate surface area is 145 Å². The molecule has 0 N–H and O–H groups in total. The van der Waals surface area contributed by atoms with E-state index in [1.807, 2.05) is 17.8 Å². The normalized spacial score (nSPS) is 11.3. The van der Waals surface area contributed by atoms with Crippen LogP contribution in [-0.4, -0.2) is 10.3 Å². The molecule has 0 aliphatic heterocycles. The fourth-order valence-corrected chi connectivity index (χ4v) is 4.07. The second kappa shape index (κ2) is 9.92. The number of nitrogens with zero attached hydrogens (tertiary/aromatic N) is 1. The van der Waals surface area contributed by atoms with Crippen LogP contribution in [0.25, 0.3) is 11.3 Å². The smallest absolute Gasteiger partial charge is 0.136 e. The monoisotopic (exact) mass is 333 g/mol. The second-order valence-electron chi connectivity index (χ2n) is 6.24. The van der Waals surface area contributed by atoms with Crippen molar-refractivity contribution < 1.29 is 4.42 Å². The number of hydrogen-bond donors (Lipinski definition) is 0. The van der Waals surface area contributed by atoms with Gasteiger partial charge in [0.2, 0.25) is 0 Å². The lowest BCUT2D eigenvalue weighted by molar-refractivity contribution is 0.579. The molecule has 128 valence electrons. The molecule has 0 amide bonds. The topological polar surface area (TPSA) is 18.1 Å². The van der Waals surface area contributed by atoms with E-state index in [1.165, 1.54) is 66.9 Å². The molecule has 0 aliphatic rings. The van der Waals surface area contributed by atoms with Crippen LogP contribution < -0.4 is 0 Å². The van der Waals surface area contributed by atoms with Crippen molar-refractivity contribution in [1.82, 2.24) is 4.57 Å². The number of furan rings is 1. The number of rotatable bonds is 11. The summed E-state index contributed by atoms with van der Waals surface area (Å²) in [6, 6.07) is 4.06. The molecule has 0 atom stereocenters. The minimum absolute atomic E-state index is 1.01. The van der Waals surface area contributed by atoms with E-state index in [0.717, 1.165) is 12.3 Å². The van der Waals surface area contributed by atoms with E-state index >= 15 is 0 Å². The van der Waals surface area contributed by atoms with Crippen molar-refractivity contribution in [2.45, 2.75) is 77.2 Å². The van der Waals surface area contributed by atoms with Gasteiger partial charge in [-0.05, 0) is 37.7 Å². The van der Waals surface area contributed by atoms with Gasteiger partial charge in [-0.1, -0.05) is 46.0 Å². The molecule has 0 aliphatic carbocycles. The lowest BCUT2D eigenvalue weighted by Crippen LogP contribution is -1.98. The third kappa shape index (κ3) is 5.20. The van der Waals surface area contributed by atoms with Crippen molar-refractivity contribution in [1.29, 1.82) is 0 Å². The van der Waals surface area contributed by atoms with Crippen LogP contribution in [0.15, 0.2) is 33.9 Å². The maximum atomic E-state index is 5.69. The Bertz CT molecular complexity index is 556. The number of aryl methyl sites for hydroxylation is 1. The van der Waals surface area contributed by atoms with Gasteiger partial charge in [0.25, 0.3) is 0 Å². The Morgan fingerprint density at radius 1 is 1.04 bits per heavy atom. The van der Waals surface area contributed by atoms with Crippen LogP contribution in [0.3, 0.4) is 0 Å². The number of unbranched alkanes of at least 4 members (excludes halogenated alkanes) is 5. The fraction of sp³-hybridized carbons (Fsp3) is 0.600. The molecule has 2 aromatic rings. The molecule has 0 saturated heterocycles. The van der Waals surface area contributed by atoms with Gasteiger partial charge in [-0.15, -0.1) is 11.8 Å². The summed E-state index contributed by atoms with van der Waals surface area (Å²) in [6.45, 7) is 7.84. The zero-order valence-corrected chi connectivity index (χ0v) is 15.8. The van der Waals surface area contributed by atoms with E-state index in [4.69, 9.17) is 4.42 Å². The third-order valence-corrected chi connectivity index (χ3v) is 5.45. The summed E-state index contributed by atoms with van der Waals surface area (Å²) < 4.78 is 8.10. The van der Waals surface area contributed by atoms with E-state index < -0.39 is 0 Å². The molecule has 0 aromatic carbocycles. The Hall–Kier alpha value is -1.09. The highest BCUT2D eigenvalue weighted by molar-refractivity contribution is 7.99. The zero-order chi connectivity index (χ0) is 16.5. The number of thioether (sulfide) groups is 1. The summed E-state index contributed by atoms with van der Waals surface area (Å²) in [5.41, 5.74) is 2.63. The van der Waals surface area contributed by atoms with Crippen molar-refractivity contribution >= 4 is 11.8 Å². The highest BCUT2D eigenvalue weighted by Crippen LogP contribution is 2.36. The van der Waals surface area contributed by atoms with Gasteiger partial charge in [-0.25, -0.2) is 0 Å². The van der Waals surface area contributed by atoms with Gasteiger partial charge in [-0.3, -0.25) is 0 Å². The van der Waals surface area contributed by atoms with Crippen LogP contribution >= 0.6 is 11.8 Å². The highest BCUT2D eigenvalue weighted by atomic mass is 32.2. The predicted octanol–water partition coefficient (Wildman–Crippen LogP) is 6.92. The molecule has 0 fully saturated rings. The van der Waals surface area contributed by atoms with Gasteiger partial charge in [-0.2, -0.15) is 0 Å². The summed E-state index contributed by atoms with van der Waals surface area (Å²) in [5.74, 6) is 2.21. The molecule has 0 spiro atoms. The largest absolute Gasteiger partial charge is 0.464 e. The van der Waals surface area contributed by atoms with Crippen LogP contribution in [0.1, 0.15) is 64.5 Å². The molecule has 2 rings (SSSR count). The van der Waals surface area contributed by atoms with Crippen molar-refractivity contribution in [3.05, 3.63) is 30.3 Å². The van der Waals surface area contributed by atoms with E-state index in [-0.39, 0.29) is 0 Å². The molecule has 2 heterocycles. The van der Waals surface area contributed by atoms with Crippen molar-refractivity contribution in [3.8, 4) is 11.3 Å². The molecular weight excluding hydrogens is 302 g/mol. The van der Waals surface area contributed by atoms with Gasteiger partial charge in [0, 0.05) is 23.3 Å². The fourth-order valence-electron chi connectivity index (χ4n) is 2.90. The summed E-state index contributed by atoms with van der Waals surface area (Å²) in [4.78, 5) is 1.38. The third-order valence-electron chi connectivity index (χ3n) is 4.34. The Kier molecular flexibility index (Phi) is 7.87. The first-order valence-corrected chi connectivity index (χ1v) is 10.1. The average Bonchev–Trinajstić information content (AvgIpc) is 3.17. The molecular formula is C20H31NOS. The molecule has 0 unspecified atom stereocenters. The maximum Gasteiger partial charge on any atom is 0.136 e. The lowest BCUT2D eigenvalue weighted by atomic mass is 10.2. The van der Waals surface area contributed by atoms with Crippen LogP contribution in [0.5, 0.6) is 0 Å². The summed E-state index contributed by atoms with van der Waals surface area (Å²) in [7, 11) is 0. The number of aromatic nitrogens is 1. The molecule has 2 aromatic heterocycles. The summed E-state index contributed by atoms with van der Waals surface area (Å²) in [6.07, 6.45) is 13.3. The van der Waals surface area contributed by atoms with Crippen LogP contribution in [0.4, 0.5) is 0 Å². The van der Waals surface area contributed by atoms with Crippen LogP contribution in [-0.2, 0) is 6.54 Å². The van der Waals surface area contributed by atoms with Crippen LogP contribution in [0, 0.1) is 6.92 Å². The molecule has 2 nitrogen and oxygen atoms in total. The van der Waals surface area contributed by atoms with Gasteiger partial charge in [0.05, 0.1) is 11.8 Å². The Morgan fingerprint density at radius 3 is 2.52 bits per heavy atom. The van der Waals surface area contributed by atoms with E-state index in [2.05, 4.69) is 37.6 Å². The standard InChI is InChI=1S/C20H31NOS/c1-4-6-8-9-10-15-23-19-16-21(13-7-5-2)17(3)20(19)18-12-11-14-22-18/h11-12,14,16H,4-10,13,15H2,1-3H3. The van der Waals surface area contributed by atoms with E-state index in [1.54, 1.807) is 6.26 Å². The van der Waals surface area contributed by atoms with Crippen molar-refractivity contribution in [2.75, 3.05) is 5.75 Å². The molecule has 0 saturated carbocycles. The average molecular weight is 334 g/mol. The van der Waals surface area contributed by atoms with Crippen molar-refractivity contribution in [2.24, 2.45) is 0 Å². The molecule has 0 radical (unpaired) electrons. The lowest BCUT2D eigenvalue weighted by Gasteiger charge is -2.05. The SMILES string of the molecule is CCCCCCCSc1cn(CCCC)c(C)c1-c1ccco1. The van der Waals surface area contributed by atoms with Gasteiger partial charge < -0.3 is 8.98 Å². The van der Waals surface area contributed by atoms with Gasteiger partial charge in [0.1, 0.15) is 5.76 Å². The number of hydrogen-bond acceptors (Lipinski definition) is 2. The van der Waals surface area contributed by atoms with E-state index in [0.29, 0.717) is 0 Å². The minimum Gasteiger partial charge on any atom is -0.464 e. The van der Waals surface area contributed by atoms with E-state index in [9.17, 15) is 0 Å². The van der Waals surface area contributed by atoms with Crippen LogP contribution in [0.2, 0.25) is 0 Å².